The molecule has 1 rings (SSSR count). The van der Waals surface area contributed by atoms with Crippen molar-refractivity contribution >= 4 is 11.7 Å². The third kappa shape index (κ3) is 4.49. The number of pyridine rings is 1. The molecule has 0 amide bonds. The van der Waals surface area contributed by atoms with Crippen molar-refractivity contribution in [2.24, 2.45) is 0 Å². The van der Waals surface area contributed by atoms with Crippen molar-refractivity contribution in [3.63, 3.8) is 0 Å². The van der Waals surface area contributed by atoms with Crippen LogP contribution in [-0.4, -0.2) is 53.7 Å². The lowest BCUT2D eigenvalue weighted by Crippen LogP contribution is -2.30. The van der Waals surface area contributed by atoms with Gasteiger partial charge in [0.1, 0.15) is 5.56 Å². The average Bonchev–Trinajstić information content (AvgIpc) is 2.47. The zero-order valence-electron chi connectivity index (χ0n) is 12.7. The molecule has 0 saturated heterocycles. The number of carboxylic acid groups (broad SMARTS) is 1. The molecule has 1 aromatic rings. The van der Waals surface area contributed by atoms with Gasteiger partial charge in [-0.2, -0.15) is 0 Å². The van der Waals surface area contributed by atoms with Gasteiger partial charge in [-0.05, 0) is 39.0 Å². The van der Waals surface area contributed by atoms with Gasteiger partial charge in [0.2, 0.25) is 0 Å². The Kier molecular flexibility index (Phi) is 7.01. The van der Waals surface area contributed by atoms with Crippen molar-refractivity contribution < 1.29 is 9.90 Å². The van der Waals surface area contributed by atoms with Crippen LogP contribution in [0.15, 0.2) is 18.5 Å². The molecule has 0 spiro atoms. The Hall–Kier alpha value is -1.62. The van der Waals surface area contributed by atoms with Crippen molar-refractivity contribution in [3.8, 4) is 0 Å². The average molecular weight is 279 g/mol. The third-order valence-electron chi connectivity index (χ3n) is 3.55. The summed E-state index contributed by atoms with van der Waals surface area (Å²) in [5.41, 5.74) is 1.03. The lowest BCUT2D eigenvalue weighted by Gasteiger charge is -2.26. The zero-order valence-corrected chi connectivity index (χ0v) is 12.7. The Morgan fingerprint density at radius 2 is 1.90 bits per heavy atom. The first kappa shape index (κ1) is 16.4. The van der Waals surface area contributed by atoms with E-state index in [1.807, 2.05) is 6.92 Å². The molecule has 1 heterocycles. The van der Waals surface area contributed by atoms with E-state index in [2.05, 4.69) is 28.6 Å². The highest BCUT2D eigenvalue weighted by Crippen LogP contribution is 2.19. The Labute approximate surface area is 121 Å². The summed E-state index contributed by atoms with van der Waals surface area (Å²) in [5.74, 6) is -0.921. The van der Waals surface area contributed by atoms with Gasteiger partial charge in [-0.3, -0.25) is 4.98 Å². The molecule has 0 atom stereocenters. The number of carboxylic acids is 1. The molecule has 0 fully saturated rings. The van der Waals surface area contributed by atoms with Gasteiger partial charge in [0, 0.05) is 25.5 Å². The molecule has 1 aromatic heterocycles. The van der Waals surface area contributed by atoms with Crippen LogP contribution in [0.1, 0.15) is 37.6 Å². The maximum Gasteiger partial charge on any atom is 0.339 e. The molecule has 5 heteroatoms. The molecule has 5 nitrogen and oxygen atoms in total. The molecule has 0 aromatic carbocycles. The molecule has 0 radical (unpaired) electrons. The van der Waals surface area contributed by atoms with Crippen LogP contribution in [0.25, 0.3) is 0 Å². The SMILES string of the molecule is CCN(CC)CCCN(CC)c1ccncc1C(=O)O. The number of hydrogen-bond acceptors (Lipinski definition) is 4. The van der Waals surface area contributed by atoms with Crippen LogP contribution in [0.3, 0.4) is 0 Å². The van der Waals surface area contributed by atoms with Gasteiger partial charge in [0.15, 0.2) is 0 Å². The Morgan fingerprint density at radius 1 is 1.20 bits per heavy atom. The maximum absolute atomic E-state index is 11.2. The van der Waals surface area contributed by atoms with E-state index in [0.717, 1.165) is 44.8 Å². The summed E-state index contributed by atoms with van der Waals surface area (Å²) in [5, 5.41) is 9.22. The molecular formula is C15H25N3O2. The van der Waals surface area contributed by atoms with Crippen molar-refractivity contribution in [3.05, 3.63) is 24.0 Å². The minimum atomic E-state index is -0.921. The molecule has 0 bridgehead atoms. The van der Waals surface area contributed by atoms with Crippen molar-refractivity contribution in [1.82, 2.24) is 9.88 Å². The summed E-state index contributed by atoms with van der Waals surface area (Å²) in [7, 11) is 0. The topological polar surface area (TPSA) is 56.7 Å². The molecule has 0 unspecified atom stereocenters. The molecular weight excluding hydrogens is 254 g/mol. The van der Waals surface area contributed by atoms with Crippen LogP contribution >= 0.6 is 0 Å². The van der Waals surface area contributed by atoms with Crippen LogP contribution in [0.4, 0.5) is 5.69 Å². The first-order valence-corrected chi connectivity index (χ1v) is 7.28. The van der Waals surface area contributed by atoms with Crippen molar-refractivity contribution in [1.29, 1.82) is 0 Å². The molecule has 0 saturated carbocycles. The zero-order chi connectivity index (χ0) is 15.0. The minimum Gasteiger partial charge on any atom is -0.478 e. The van der Waals surface area contributed by atoms with Crippen LogP contribution in [0, 0.1) is 0 Å². The van der Waals surface area contributed by atoms with Gasteiger partial charge >= 0.3 is 5.97 Å². The molecule has 0 aliphatic rings. The van der Waals surface area contributed by atoms with E-state index in [9.17, 15) is 9.90 Å². The molecule has 0 aliphatic heterocycles. The van der Waals surface area contributed by atoms with Crippen LogP contribution in [0.2, 0.25) is 0 Å². The van der Waals surface area contributed by atoms with E-state index in [1.165, 1.54) is 6.20 Å². The number of nitrogens with zero attached hydrogens (tertiary/aromatic N) is 3. The number of rotatable bonds is 9. The van der Waals surface area contributed by atoms with E-state index in [4.69, 9.17) is 0 Å². The Bertz CT molecular complexity index is 419. The molecule has 0 aliphatic carbocycles. The van der Waals surface area contributed by atoms with Gasteiger partial charge in [-0.25, -0.2) is 4.79 Å². The van der Waals surface area contributed by atoms with Crippen molar-refractivity contribution in [2.75, 3.05) is 37.6 Å². The first-order valence-electron chi connectivity index (χ1n) is 7.28. The summed E-state index contributed by atoms with van der Waals surface area (Å²) >= 11 is 0. The minimum absolute atomic E-state index is 0.275. The number of carbonyl (C=O) groups is 1. The second-order valence-electron chi connectivity index (χ2n) is 4.66. The molecule has 112 valence electrons. The van der Waals surface area contributed by atoms with E-state index in [-0.39, 0.29) is 5.56 Å². The van der Waals surface area contributed by atoms with E-state index < -0.39 is 5.97 Å². The van der Waals surface area contributed by atoms with E-state index in [0.29, 0.717) is 0 Å². The molecule has 20 heavy (non-hydrogen) atoms. The highest BCUT2D eigenvalue weighted by atomic mass is 16.4. The number of anilines is 1. The summed E-state index contributed by atoms with van der Waals surface area (Å²) in [6.07, 6.45) is 4.09. The quantitative estimate of drug-likeness (QED) is 0.752. The fraction of sp³-hybridized carbons (Fsp3) is 0.600. The van der Waals surface area contributed by atoms with Gasteiger partial charge in [0.25, 0.3) is 0 Å². The smallest absolute Gasteiger partial charge is 0.339 e. The van der Waals surface area contributed by atoms with Gasteiger partial charge in [-0.1, -0.05) is 13.8 Å². The van der Waals surface area contributed by atoms with Gasteiger partial charge in [-0.15, -0.1) is 0 Å². The summed E-state index contributed by atoms with van der Waals surface area (Å²) in [6.45, 7) is 11.2. The second kappa shape index (κ2) is 8.53. The number of hydrogen-bond donors (Lipinski definition) is 1. The lowest BCUT2D eigenvalue weighted by atomic mass is 10.2. The first-order chi connectivity index (χ1) is 9.63. The summed E-state index contributed by atoms with van der Waals surface area (Å²) in [4.78, 5) is 19.6. The largest absolute Gasteiger partial charge is 0.478 e. The normalized spacial score (nSPS) is 10.8. The van der Waals surface area contributed by atoms with Crippen molar-refractivity contribution in [2.45, 2.75) is 27.2 Å². The highest BCUT2D eigenvalue weighted by Gasteiger charge is 2.14. The Morgan fingerprint density at radius 3 is 2.45 bits per heavy atom. The van der Waals surface area contributed by atoms with E-state index in [1.54, 1.807) is 12.3 Å². The fourth-order valence-corrected chi connectivity index (χ4v) is 2.30. The predicted molar refractivity (Wildman–Crippen MR) is 81.5 cm³/mol. The standard InChI is InChI=1S/C15H25N3O2/c1-4-17(5-2)10-7-11-18(6-3)14-8-9-16-12-13(14)15(19)20/h8-9,12H,4-7,10-11H2,1-3H3,(H,19,20). The predicted octanol–water partition coefficient (Wildman–Crippen LogP) is 2.34. The van der Waals surface area contributed by atoms with Gasteiger partial charge < -0.3 is 14.9 Å². The highest BCUT2D eigenvalue weighted by molar-refractivity contribution is 5.94. The fourth-order valence-electron chi connectivity index (χ4n) is 2.30. The maximum atomic E-state index is 11.2. The number of aromatic carboxylic acids is 1. The van der Waals surface area contributed by atoms with Crippen LogP contribution in [0.5, 0.6) is 0 Å². The third-order valence-corrected chi connectivity index (χ3v) is 3.55. The van der Waals surface area contributed by atoms with Crippen LogP contribution in [-0.2, 0) is 0 Å². The second-order valence-corrected chi connectivity index (χ2v) is 4.66. The summed E-state index contributed by atoms with van der Waals surface area (Å²) < 4.78 is 0. The number of aromatic nitrogens is 1. The monoisotopic (exact) mass is 279 g/mol. The van der Waals surface area contributed by atoms with Gasteiger partial charge in [0.05, 0.1) is 5.69 Å². The summed E-state index contributed by atoms with van der Waals surface area (Å²) in [6, 6.07) is 1.78. The van der Waals surface area contributed by atoms with Crippen LogP contribution < -0.4 is 4.90 Å². The Balaban J connectivity index is 2.69. The molecule has 1 N–H and O–H groups in total. The lowest BCUT2D eigenvalue weighted by molar-refractivity contribution is 0.0697. The van der Waals surface area contributed by atoms with E-state index >= 15 is 0 Å².